The zero-order valence-electron chi connectivity index (χ0n) is 13.4. The van der Waals surface area contributed by atoms with Gasteiger partial charge in [0.2, 0.25) is 0 Å². The number of amides is 2. The zero-order valence-corrected chi connectivity index (χ0v) is 17.7. The number of hydrogen-bond acceptors (Lipinski definition) is 3. The average molecular weight is 569 g/mol. The third-order valence-electron chi connectivity index (χ3n) is 3.46. The van der Waals surface area contributed by atoms with E-state index in [0.29, 0.717) is 16.9 Å². The number of nitrogens with zero attached hydrogens (tertiary/aromatic N) is 1. The van der Waals surface area contributed by atoms with E-state index < -0.39 is 0 Å². The molecule has 0 bridgehead atoms. The maximum Gasteiger partial charge on any atom is 0.274 e. The van der Waals surface area contributed by atoms with E-state index in [1.165, 1.54) is 12.3 Å². The molecule has 0 saturated carbocycles. The molecule has 0 aliphatic heterocycles. The van der Waals surface area contributed by atoms with Gasteiger partial charge in [-0.3, -0.25) is 14.6 Å². The van der Waals surface area contributed by atoms with Crippen LogP contribution in [0.2, 0.25) is 0 Å². The summed E-state index contributed by atoms with van der Waals surface area (Å²) in [6, 6.07) is 18.0. The summed E-state index contributed by atoms with van der Waals surface area (Å²) in [5.74, 6) is -0.598. The maximum atomic E-state index is 12.2. The van der Waals surface area contributed by atoms with Crippen LogP contribution in [0.4, 0.5) is 11.4 Å². The van der Waals surface area contributed by atoms with E-state index >= 15 is 0 Å². The molecule has 0 aliphatic carbocycles. The Morgan fingerprint density at radius 3 is 1.65 bits per heavy atom. The number of halogens is 2. The lowest BCUT2D eigenvalue weighted by molar-refractivity contribution is 0.101. The van der Waals surface area contributed by atoms with Crippen molar-refractivity contribution in [2.24, 2.45) is 0 Å². The second-order valence-electron chi connectivity index (χ2n) is 5.35. The van der Waals surface area contributed by atoms with Crippen molar-refractivity contribution < 1.29 is 9.59 Å². The molecule has 2 aromatic carbocycles. The Morgan fingerprint density at radius 1 is 0.692 bits per heavy atom. The third kappa shape index (κ3) is 5.01. The molecule has 0 unspecified atom stereocenters. The van der Waals surface area contributed by atoms with E-state index in [2.05, 4.69) is 60.8 Å². The van der Waals surface area contributed by atoms with Gasteiger partial charge < -0.3 is 10.6 Å². The fraction of sp³-hybridized carbons (Fsp3) is 0. The van der Waals surface area contributed by atoms with Crippen molar-refractivity contribution in [3.63, 3.8) is 0 Å². The smallest absolute Gasteiger partial charge is 0.274 e. The highest BCUT2D eigenvalue weighted by Gasteiger charge is 2.11. The maximum absolute atomic E-state index is 12.2. The molecule has 1 heterocycles. The van der Waals surface area contributed by atoms with Crippen LogP contribution in [0.3, 0.4) is 0 Å². The number of carbonyl (C=O) groups is 2. The van der Waals surface area contributed by atoms with Gasteiger partial charge in [0.1, 0.15) is 5.69 Å². The zero-order chi connectivity index (χ0) is 18.5. The first kappa shape index (κ1) is 18.8. The number of nitrogens with one attached hydrogen (secondary N) is 2. The molecule has 0 saturated heterocycles. The van der Waals surface area contributed by atoms with E-state index in [1.807, 2.05) is 48.5 Å². The molecule has 0 spiro atoms. The van der Waals surface area contributed by atoms with Crippen LogP contribution in [-0.4, -0.2) is 16.8 Å². The van der Waals surface area contributed by atoms with Gasteiger partial charge in [0.05, 0.1) is 5.56 Å². The van der Waals surface area contributed by atoms with Crippen molar-refractivity contribution in [2.45, 2.75) is 0 Å². The number of anilines is 2. The van der Waals surface area contributed by atoms with Gasteiger partial charge in [0.25, 0.3) is 11.8 Å². The second-order valence-corrected chi connectivity index (χ2v) is 7.85. The van der Waals surface area contributed by atoms with E-state index in [1.54, 1.807) is 6.07 Å². The molecular formula is C19H13I2N3O2. The number of rotatable bonds is 4. The molecule has 3 aromatic rings. The van der Waals surface area contributed by atoms with Crippen LogP contribution in [0, 0.1) is 7.14 Å². The molecule has 0 fully saturated rings. The third-order valence-corrected chi connectivity index (χ3v) is 4.90. The Morgan fingerprint density at radius 2 is 1.19 bits per heavy atom. The van der Waals surface area contributed by atoms with Crippen LogP contribution in [0.5, 0.6) is 0 Å². The SMILES string of the molecule is O=C(Nc1ccc(I)cc1)c1ccc(C(=O)Nc2ccc(I)cc2)nc1. The van der Waals surface area contributed by atoms with E-state index in [0.717, 1.165) is 7.14 Å². The topological polar surface area (TPSA) is 71.1 Å². The molecule has 2 amide bonds. The van der Waals surface area contributed by atoms with E-state index in [4.69, 9.17) is 0 Å². The van der Waals surface area contributed by atoms with Crippen molar-refractivity contribution in [2.75, 3.05) is 10.6 Å². The fourth-order valence-corrected chi connectivity index (χ4v) is 2.85. The number of pyridine rings is 1. The highest BCUT2D eigenvalue weighted by molar-refractivity contribution is 14.1. The lowest BCUT2D eigenvalue weighted by Crippen LogP contribution is -2.16. The number of hydrogen-bond donors (Lipinski definition) is 2. The minimum absolute atomic E-state index is 0.245. The summed E-state index contributed by atoms with van der Waals surface area (Å²) in [6.07, 6.45) is 1.39. The van der Waals surface area contributed by atoms with E-state index in [9.17, 15) is 9.59 Å². The predicted molar refractivity (Wildman–Crippen MR) is 118 cm³/mol. The van der Waals surface area contributed by atoms with Crippen LogP contribution < -0.4 is 10.6 Å². The van der Waals surface area contributed by atoms with Gasteiger partial charge in [0.15, 0.2) is 0 Å². The van der Waals surface area contributed by atoms with Gasteiger partial charge in [0, 0.05) is 24.7 Å². The van der Waals surface area contributed by atoms with Gasteiger partial charge in [-0.15, -0.1) is 0 Å². The first-order valence-corrected chi connectivity index (χ1v) is 9.77. The van der Waals surface area contributed by atoms with Gasteiger partial charge >= 0.3 is 0 Å². The molecule has 0 atom stereocenters. The van der Waals surface area contributed by atoms with Crippen molar-refractivity contribution in [3.8, 4) is 0 Å². The minimum atomic E-state index is -0.323. The number of aromatic nitrogens is 1. The average Bonchev–Trinajstić information content (AvgIpc) is 2.65. The first-order chi connectivity index (χ1) is 12.5. The quantitative estimate of drug-likeness (QED) is 0.444. The van der Waals surface area contributed by atoms with Gasteiger partial charge in [-0.2, -0.15) is 0 Å². The molecule has 5 nitrogen and oxygen atoms in total. The summed E-state index contributed by atoms with van der Waals surface area (Å²) in [7, 11) is 0. The van der Waals surface area contributed by atoms with Crippen LogP contribution in [0.1, 0.15) is 20.8 Å². The first-order valence-electron chi connectivity index (χ1n) is 7.61. The normalized spacial score (nSPS) is 10.2. The van der Waals surface area contributed by atoms with Crippen molar-refractivity contribution in [3.05, 3.63) is 85.3 Å². The predicted octanol–water partition coefficient (Wildman–Crippen LogP) is 4.80. The molecule has 0 aliphatic rings. The lowest BCUT2D eigenvalue weighted by atomic mass is 10.2. The van der Waals surface area contributed by atoms with Crippen molar-refractivity contribution in [1.29, 1.82) is 0 Å². The standard InChI is InChI=1S/C19H13I2N3O2/c20-13-2-6-15(7-3-13)23-18(25)12-1-10-17(22-11-12)19(26)24-16-8-4-14(21)5-9-16/h1-11H,(H,23,25)(H,24,26). The number of benzene rings is 2. The van der Waals surface area contributed by atoms with Gasteiger partial charge in [-0.1, -0.05) is 0 Å². The lowest BCUT2D eigenvalue weighted by Gasteiger charge is -2.07. The molecule has 2 N–H and O–H groups in total. The molecule has 26 heavy (non-hydrogen) atoms. The Balaban J connectivity index is 1.65. The highest BCUT2D eigenvalue weighted by atomic mass is 127. The Hall–Kier alpha value is -2.01. The Labute approximate surface area is 177 Å². The van der Waals surface area contributed by atoms with Crippen LogP contribution >= 0.6 is 45.2 Å². The summed E-state index contributed by atoms with van der Waals surface area (Å²) in [4.78, 5) is 28.6. The fourth-order valence-electron chi connectivity index (χ4n) is 2.13. The summed E-state index contributed by atoms with van der Waals surface area (Å²) in [5.41, 5.74) is 2.03. The summed E-state index contributed by atoms with van der Waals surface area (Å²) >= 11 is 4.40. The molecular weight excluding hydrogens is 556 g/mol. The molecule has 0 radical (unpaired) electrons. The molecule has 3 rings (SSSR count). The van der Waals surface area contributed by atoms with Crippen LogP contribution in [-0.2, 0) is 0 Å². The van der Waals surface area contributed by atoms with Gasteiger partial charge in [-0.05, 0) is 106 Å². The van der Waals surface area contributed by atoms with Crippen molar-refractivity contribution in [1.82, 2.24) is 4.98 Å². The second kappa shape index (κ2) is 8.58. The summed E-state index contributed by atoms with van der Waals surface area (Å²) < 4.78 is 2.17. The minimum Gasteiger partial charge on any atom is -0.322 e. The van der Waals surface area contributed by atoms with E-state index in [-0.39, 0.29) is 17.5 Å². The molecule has 130 valence electrons. The van der Waals surface area contributed by atoms with Crippen LogP contribution in [0.15, 0.2) is 66.9 Å². The summed E-state index contributed by atoms with van der Waals surface area (Å²) in [5, 5.41) is 5.57. The summed E-state index contributed by atoms with van der Waals surface area (Å²) in [6.45, 7) is 0. The molecule has 1 aromatic heterocycles. The Bertz CT molecular complexity index is 846. The largest absolute Gasteiger partial charge is 0.322 e. The monoisotopic (exact) mass is 569 g/mol. The van der Waals surface area contributed by atoms with Gasteiger partial charge in [-0.25, -0.2) is 0 Å². The van der Waals surface area contributed by atoms with Crippen LogP contribution in [0.25, 0.3) is 0 Å². The van der Waals surface area contributed by atoms with Crippen molar-refractivity contribution >= 4 is 68.4 Å². The Kier molecular flexibility index (Phi) is 6.20. The number of carbonyl (C=O) groups excluding carboxylic acids is 2. The molecule has 7 heteroatoms. The highest BCUT2D eigenvalue weighted by Crippen LogP contribution is 2.14.